The van der Waals surface area contributed by atoms with E-state index >= 15 is 0 Å². The number of piperidine rings is 1. The Hall–Kier alpha value is -1.05. The van der Waals surface area contributed by atoms with Crippen molar-refractivity contribution in [1.29, 1.82) is 0 Å². The zero-order valence-corrected chi connectivity index (χ0v) is 11.5. The van der Waals surface area contributed by atoms with Gasteiger partial charge >= 0.3 is 0 Å². The summed E-state index contributed by atoms with van der Waals surface area (Å²) in [4.78, 5) is 11.6. The lowest BCUT2D eigenvalue weighted by Gasteiger charge is -2.22. The van der Waals surface area contributed by atoms with E-state index in [1.807, 2.05) is 0 Å². The molecule has 0 aliphatic carbocycles. The van der Waals surface area contributed by atoms with Gasteiger partial charge in [-0.25, -0.2) is 0 Å². The van der Waals surface area contributed by atoms with Gasteiger partial charge in [-0.1, -0.05) is 5.92 Å². The lowest BCUT2D eigenvalue weighted by molar-refractivity contribution is -0.115. The predicted molar refractivity (Wildman–Crippen MR) is 74.6 cm³/mol. The van der Waals surface area contributed by atoms with Gasteiger partial charge in [0, 0.05) is 19.1 Å². The summed E-state index contributed by atoms with van der Waals surface area (Å²) in [5.41, 5.74) is 0. The maximum absolute atomic E-state index is 11.6. The van der Waals surface area contributed by atoms with Gasteiger partial charge in [0.2, 0.25) is 0 Å². The number of nitrogens with one attached hydrogen (secondary N) is 2. The van der Waals surface area contributed by atoms with Crippen molar-refractivity contribution in [1.82, 2.24) is 10.6 Å². The molecule has 2 heterocycles. The van der Waals surface area contributed by atoms with E-state index in [1.165, 1.54) is 12.8 Å². The highest BCUT2D eigenvalue weighted by Crippen LogP contribution is 2.14. The summed E-state index contributed by atoms with van der Waals surface area (Å²) in [6.45, 7) is 3.57. The molecule has 0 saturated carbocycles. The van der Waals surface area contributed by atoms with Crippen molar-refractivity contribution in [2.45, 2.75) is 44.6 Å². The third-order valence-corrected chi connectivity index (χ3v) is 3.75. The van der Waals surface area contributed by atoms with Crippen LogP contribution in [0.3, 0.4) is 0 Å². The maximum Gasteiger partial charge on any atom is 0.295 e. The molecule has 0 aromatic carbocycles. The molecular formula is C15H24N2O2. The Morgan fingerprint density at radius 1 is 1.26 bits per heavy atom. The Labute approximate surface area is 115 Å². The molecule has 2 rings (SSSR count). The molecule has 2 aliphatic heterocycles. The molecule has 106 valence electrons. The fourth-order valence-corrected chi connectivity index (χ4v) is 2.56. The van der Waals surface area contributed by atoms with Crippen LogP contribution in [0.1, 0.15) is 38.5 Å². The summed E-state index contributed by atoms with van der Waals surface area (Å²) in [7, 11) is 0. The van der Waals surface area contributed by atoms with E-state index in [2.05, 4.69) is 22.5 Å². The van der Waals surface area contributed by atoms with Gasteiger partial charge < -0.3 is 15.4 Å². The quantitative estimate of drug-likeness (QED) is 0.750. The fraction of sp³-hybridized carbons (Fsp3) is 0.800. The molecule has 2 saturated heterocycles. The predicted octanol–water partition coefficient (Wildman–Crippen LogP) is 1.06. The zero-order valence-electron chi connectivity index (χ0n) is 11.5. The van der Waals surface area contributed by atoms with Crippen LogP contribution in [0, 0.1) is 17.8 Å². The molecule has 1 amide bonds. The highest BCUT2D eigenvalue weighted by Gasteiger charge is 2.13. The van der Waals surface area contributed by atoms with Gasteiger partial charge in [0.05, 0.1) is 6.10 Å². The Morgan fingerprint density at radius 3 is 2.84 bits per heavy atom. The highest BCUT2D eigenvalue weighted by molar-refractivity contribution is 5.93. The molecular weight excluding hydrogens is 240 g/mol. The first-order valence-electron chi connectivity index (χ1n) is 7.46. The minimum Gasteiger partial charge on any atom is -0.378 e. The van der Waals surface area contributed by atoms with Gasteiger partial charge in [0.1, 0.15) is 0 Å². The van der Waals surface area contributed by atoms with Crippen LogP contribution in [0.4, 0.5) is 0 Å². The molecule has 1 atom stereocenters. The number of carbonyl (C=O) groups is 1. The molecule has 1 unspecified atom stereocenters. The number of amides is 1. The minimum absolute atomic E-state index is 0.144. The first kappa shape index (κ1) is 14.4. The Morgan fingerprint density at radius 2 is 2.11 bits per heavy atom. The van der Waals surface area contributed by atoms with E-state index in [4.69, 9.17) is 4.74 Å². The molecule has 4 nitrogen and oxygen atoms in total. The molecule has 4 heteroatoms. The first-order chi connectivity index (χ1) is 9.34. The van der Waals surface area contributed by atoms with Crippen molar-refractivity contribution in [3.8, 4) is 11.8 Å². The molecule has 0 radical (unpaired) electrons. The second-order valence-electron chi connectivity index (χ2n) is 5.33. The average molecular weight is 264 g/mol. The largest absolute Gasteiger partial charge is 0.378 e. The monoisotopic (exact) mass is 264 g/mol. The van der Waals surface area contributed by atoms with Crippen LogP contribution in [0.15, 0.2) is 0 Å². The van der Waals surface area contributed by atoms with Gasteiger partial charge in [0.25, 0.3) is 5.91 Å². The molecule has 0 spiro atoms. The van der Waals surface area contributed by atoms with E-state index in [1.54, 1.807) is 0 Å². The average Bonchev–Trinajstić information content (AvgIpc) is 2.47. The van der Waals surface area contributed by atoms with Crippen molar-refractivity contribution in [3.63, 3.8) is 0 Å². The summed E-state index contributed by atoms with van der Waals surface area (Å²) >= 11 is 0. The topological polar surface area (TPSA) is 50.4 Å². The normalized spacial score (nSPS) is 24.3. The van der Waals surface area contributed by atoms with Crippen LogP contribution in [-0.4, -0.2) is 38.3 Å². The standard InChI is InChI=1S/C15H24N2O2/c18-15(5-4-13-6-9-16-10-7-13)17-11-8-14-3-1-2-12-19-14/h13-14,16H,1-3,6-12H2,(H,17,18). The van der Waals surface area contributed by atoms with E-state index in [-0.39, 0.29) is 5.91 Å². The summed E-state index contributed by atoms with van der Waals surface area (Å²) in [6, 6.07) is 0. The van der Waals surface area contributed by atoms with E-state index < -0.39 is 0 Å². The molecule has 0 bridgehead atoms. The van der Waals surface area contributed by atoms with Gasteiger partial charge in [-0.3, -0.25) is 4.79 Å². The SMILES string of the molecule is O=C(C#CC1CCNCC1)NCCC1CCCCO1. The number of hydrogen-bond donors (Lipinski definition) is 2. The van der Waals surface area contributed by atoms with Gasteiger partial charge in [-0.05, 0) is 57.5 Å². The lowest BCUT2D eigenvalue weighted by Crippen LogP contribution is -2.29. The summed E-state index contributed by atoms with van der Waals surface area (Å²) in [6.07, 6.45) is 6.87. The van der Waals surface area contributed by atoms with Crippen LogP contribution in [-0.2, 0) is 9.53 Å². The first-order valence-corrected chi connectivity index (χ1v) is 7.46. The van der Waals surface area contributed by atoms with Crippen molar-refractivity contribution in [3.05, 3.63) is 0 Å². The highest BCUT2D eigenvalue weighted by atomic mass is 16.5. The van der Waals surface area contributed by atoms with Crippen LogP contribution in [0.25, 0.3) is 0 Å². The lowest BCUT2D eigenvalue weighted by atomic mass is 9.99. The summed E-state index contributed by atoms with van der Waals surface area (Å²) in [5.74, 6) is 6.04. The number of hydrogen-bond acceptors (Lipinski definition) is 3. The van der Waals surface area contributed by atoms with Crippen molar-refractivity contribution in [2.24, 2.45) is 5.92 Å². The van der Waals surface area contributed by atoms with Crippen molar-refractivity contribution >= 4 is 5.91 Å². The van der Waals surface area contributed by atoms with Gasteiger partial charge in [-0.15, -0.1) is 0 Å². The maximum atomic E-state index is 11.6. The second kappa shape index (κ2) is 8.19. The third-order valence-electron chi connectivity index (χ3n) is 3.75. The molecule has 0 aromatic rings. The van der Waals surface area contributed by atoms with Crippen molar-refractivity contribution in [2.75, 3.05) is 26.2 Å². The van der Waals surface area contributed by atoms with Crippen LogP contribution in [0.2, 0.25) is 0 Å². The Bertz CT molecular complexity index is 334. The minimum atomic E-state index is -0.144. The molecule has 0 aromatic heterocycles. The van der Waals surface area contributed by atoms with Gasteiger partial charge in [0.15, 0.2) is 0 Å². The Balaban J connectivity index is 1.59. The third kappa shape index (κ3) is 5.63. The molecule has 2 fully saturated rings. The Kier molecular flexibility index (Phi) is 6.19. The number of ether oxygens (including phenoxy) is 1. The number of rotatable bonds is 3. The second-order valence-corrected chi connectivity index (χ2v) is 5.33. The smallest absolute Gasteiger partial charge is 0.295 e. The summed E-state index contributed by atoms with van der Waals surface area (Å²) < 4.78 is 5.62. The summed E-state index contributed by atoms with van der Waals surface area (Å²) in [5, 5.41) is 6.15. The molecule has 2 N–H and O–H groups in total. The van der Waals surface area contributed by atoms with Crippen LogP contribution < -0.4 is 10.6 Å². The fourth-order valence-electron chi connectivity index (χ4n) is 2.56. The van der Waals surface area contributed by atoms with E-state index in [0.717, 1.165) is 45.4 Å². The van der Waals surface area contributed by atoms with Crippen LogP contribution in [0.5, 0.6) is 0 Å². The van der Waals surface area contributed by atoms with Crippen LogP contribution >= 0.6 is 0 Å². The molecule has 19 heavy (non-hydrogen) atoms. The van der Waals surface area contributed by atoms with E-state index in [0.29, 0.717) is 18.6 Å². The molecule has 2 aliphatic rings. The number of carbonyl (C=O) groups excluding carboxylic acids is 1. The van der Waals surface area contributed by atoms with E-state index in [9.17, 15) is 4.79 Å². The van der Waals surface area contributed by atoms with Gasteiger partial charge in [-0.2, -0.15) is 0 Å². The van der Waals surface area contributed by atoms with Crippen molar-refractivity contribution < 1.29 is 9.53 Å². The zero-order chi connectivity index (χ0) is 13.3.